The summed E-state index contributed by atoms with van der Waals surface area (Å²) in [6.45, 7) is 1.91. The van der Waals surface area contributed by atoms with Gasteiger partial charge in [-0.15, -0.1) is 0 Å². The van der Waals surface area contributed by atoms with E-state index in [-0.39, 0.29) is 39.3 Å². The first kappa shape index (κ1) is 19.0. The fourth-order valence-corrected chi connectivity index (χ4v) is 2.93. The molecule has 0 aromatic heterocycles. The van der Waals surface area contributed by atoms with Gasteiger partial charge in [0.05, 0.1) is 7.85 Å². The van der Waals surface area contributed by atoms with E-state index in [9.17, 15) is 14.7 Å². The monoisotopic (exact) mass is 468 g/mol. The van der Waals surface area contributed by atoms with Gasteiger partial charge in [0, 0.05) is 27.5 Å². The molecule has 2 unspecified atom stereocenters. The number of nitrogens with one attached hydrogen (secondary N) is 1. The summed E-state index contributed by atoms with van der Waals surface area (Å²) in [6.07, 6.45) is 2.18. The predicted molar refractivity (Wildman–Crippen MR) is 80.1 cm³/mol. The minimum absolute atomic E-state index is 0. The average Bonchev–Trinajstić information content (AvgIpc) is 2.86. The molecule has 2 radical (unpaired) electrons. The molecular formula is C16H19BNO3W-. The molecule has 1 amide bonds. The summed E-state index contributed by atoms with van der Waals surface area (Å²) in [4.78, 5) is 23.8. The number of hydrogen-bond donors (Lipinski definition) is 2. The molecule has 0 bridgehead atoms. The normalized spacial score (nSPS) is 23.6. The molecule has 1 aromatic carbocycles. The number of aliphatic carboxylic acids is 1. The second-order valence-corrected chi connectivity index (χ2v) is 5.79. The smallest absolute Gasteiger partial charge is 0.329 e. The van der Waals surface area contributed by atoms with Crippen molar-refractivity contribution in [2.45, 2.75) is 44.5 Å². The minimum Gasteiger partial charge on any atom is -0.480 e. The summed E-state index contributed by atoms with van der Waals surface area (Å²) in [5.74, 6) is -1.09. The van der Waals surface area contributed by atoms with Crippen LogP contribution in [0.1, 0.15) is 30.4 Å². The number of carboxylic acids is 1. The maximum Gasteiger partial charge on any atom is 0.329 e. The number of hydrogen-bond acceptors (Lipinski definition) is 2. The zero-order valence-electron chi connectivity index (χ0n) is 12.6. The number of aryl methyl sites for hydroxylation is 1. The van der Waals surface area contributed by atoms with Gasteiger partial charge in [0.25, 0.3) is 0 Å². The number of benzene rings is 1. The quantitative estimate of drug-likeness (QED) is 0.511. The molecule has 22 heavy (non-hydrogen) atoms. The van der Waals surface area contributed by atoms with Crippen LogP contribution in [0.4, 0.5) is 0 Å². The first-order chi connectivity index (χ1) is 9.97. The van der Waals surface area contributed by atoms with Crippen LogP contribution in [0.15, 0.2) is 18.2 Å². The Morgan fingerprint density at radius 3 is 2.82 bits per heavy atom. The van der Waals surface area contributed by atoms with E-state index in [1.54, 1.807) is 6.07 Å². The molecule has 0 spiro atoms. The minimum atomic E-state index is -1.16. The van der Waals surface area contributed by atoms with E-state index in [4.69, 9.17) is 7.85 Å². The Bertz CT molecular complexity index is 552. The number of carboxylic acid groups (broad SMARTS) is 1. The van der Waals surface area contributed by atoms with Gasteiger partial charge in [-0.05, 0) is 25.2 Å². The van der Waals surface area contributed by atoms with Gasteiger partial charge < -0.3 is 10.4 Å². The molecular weight excluding hydrogens is 449 g/mol. The van der Waals surface area contributed by atoms with Crippen molar-refractivity contribution < 1.29 is 35.8 Å². The molecule has 1 saturated carbocycles. The third-order valence-electron chi connectivity index (χ3n) is 4.25. The van der Waals surface area contributed by atoms with Crippen LogP contribution in [0.25, 0.3) is 0 Å². The van der Waals surface area contributed by atoms with Gasteiger partial charge in [0.1, 0.15) is 5.54 Å². The molecule has 116 valence electrons. The van der Waals surface area contributed by atoms with Gasteiger partial charge in [-0.3, -0.25) is 4.79 Å². The van der Waals surface area contributed by atoms with Crippen molar-refractivity contribution >= 4 is 19.7 Å². The second kappa shape index (κ2) is 7.96. The molecule has 1 aromatic rings. The van der Waals surface area contributed by atoms with E-state index in [2.05, 4.69) is 11.4 Å². The third-order valence-corrected chi connectivity index (χ3v) is 4.25. The summed E-state index contributed by atoms with van der Waals surface area (Å²) in [5, 5.41) is 12.2. The SMILES string of the molecule is [B]CC1CCC(NC(=O)Cc2[c-]cccc2C)(C(=O)O)C1.[W]. The summed E-state index contributed by atoms with van der Waals surface area (Å²) >= 11 is 0. The molecule has 1 aliphatic rings. The van der Waals surface area contributed by atoms with Crippen LogP contribution in [0, 0.1) is 18.9 Å². The van der Waals surface area contributed by atoms with Gasteiger partial charge in [-0.25, -0.2) is 4.79 Å². The summed E-state index contributed by atoms with van der Waals surface area (Å²) in [7, 11) is 5.62. The first-order valence-electron chi connectivity index (χ1n) is 7.17. The number of amides is 1. The third kappa shape index (κ3) is 4.22. The Morgan fingerprint density at radius 2 is 2.27 bits per heavy atom. The summed E-state index contributed by atoms with van der Waals surface area (Å²) in [6, 6.07) is 8.55. The largest absolute Gasteiger partial charge is 0.480 e. The Kier molecular flexibility index (Phi) is 6.86. The molecule has 0 heterocycles. The van der Waals surface area contributed by atoms with Gasteiger partial charge in [-0.2, -0.15) is 35.4 Å². The Morgan fingerprint density at radius 1 is 1.55 bits per heavy atom. The number of carbonyl (C=O) groups is 2. The molecule has 1 aliphatic carbocycles. The van der Waals surface area contributed by atoms with Gasteiger partial charge in [-0.1, -0.05) is 13.2 Å². The van der Waals surface area contributed by atoms with Crippen LogP contribution in [0.5, 0.6) is 0 Å². The van der Waals surface area contributed by atoms with Crippen LogP contribution in [0.2, 0.25) is 6.32 Å². The van der Waals surface area contributed by atoms with Gasteiger partial charge in [0.2, 0.25) is 5.91 Å². The van der Waals surface area contributed by atoms with E-state index >= 15 is 0 Å². The maximum atomic E-state index is 12.2. The topological polar surface area (TPSA) is 66.4 Å². The Labute approximate surface area is 146 Å². The van der Waals surface area contributed by atoms with Crippen LogP contribution >= 0.6 is 0 Å². The number of carbonyl (C=O) groups excluding carboxylic acids is 1. The van der Waals surface area contributed by atoms with Crippen LogP contribution in [-0.4, -0.2) is 30.4 Å². The first-order valence-corrected chi connectivity index (χ1v) is 7.17. The molecule has 0 aliphatic heterocycles. The van der Waals surface area contributed by atoms with Gasteiger partial charge >= 0.3 is 5.97 Å². The van der Waals surface area contributed by atoms with E-state index in [1.807, 2.05) is 19.1 Å². The Hall–Kier alpha value is -1.09. The fraction of sp³-hybridized carbons (Fsp3) is 0.500. The fourth-order valence-electron chi connectivity index (χ4n) is 2.93. The molecule has 4 nitrogen and oxygen atoms in total. The van der Waals surface area contributed by atoms with Crippen molar-refractivity contribution in [3.8, 4) is 0 Å². The van der Waals surface area contributed by atoms with E-state index in [0.29, 0.717) is 19.2 Å². The van der Waals surface area contributed by atoms with Crippen molar-refractivity contribution in [2.75, 3.05) is 0 Å². The molecule has 2 rings (SSSR count). The van der Waals surface area contributed by atoms with Crippen LogP contribution in [-0.2, 0) is 37.1 Å². The average molecular weight is 468 g/mol. The van der Waals surface area contributed by atoms with Gasteiger partial charge in [0.15, 0.2) is 0 Å². The number of rotatable bonds is 5. The molecule has 2 N–H and O–H groups in total. The van der Waals surface area contributed by atoms with Crippen molar-refractivity contribution in [3.63, 3.8) is 0 Å². The Balaban J connectivity index is 0.00000242. The predicted octanol–water partition coefficient (Wildman–Crippen LogP) is 1.66. The maximum absolute atomic E-state index is 12.2. The summed E-state index contributed by atoms with van der Waals surface area (Å²) < 4.78 is 0. The van der Waals surface area contributed by atoms with Crippen molar-refractivity contribution in [2.24, 2.45) is 5.92 Å². The molecule has 0 saturated heterocycles. The molecule has 6 heteroatoms. The molecule has 2 atom stereocenters. The van der Waals surface area contributed by atoms with E-state index < -0.39 is 11.5 Å². The zero-order chi connectivity index (χ0) is 15.5. The van der Waals surface area contributed by atoms with Crippen LogP contribution in [0.3, 0.4) is 0 Å². The van der Waals surface area contributed by atoms with Crippen molar-refractivity contribution in [1.29, 1.82) is 0 Å². The van der Waals surface area contributed by atoms with Crippen LogP contribution < -0.4 is 5.32 Å². The second-order valence-electron chi connectivity index (χ2n) is 5.79. The molecule has 1 fully saturated rings. The summed E-state index contributed by atoms with van der Waals surface area (Å²) in [5.41, 5.74) is 0.608. The van der Waals surface area contributed by atoms with Crippen molar-refractivity contribution in [1.82, 2.24) is 5.32 Å². The van der Waals surface area contributed by atoms with E-state index in [0.717, 1.165) is 17.5 Å². The standard InChI is InChI=1S/C16H19BNO3.W/c1-11-4-2-3-5-13(11)8-14(19)18-16(15(20)21)7-6-12(9-16)10-17;/h2-4,12H,6-10H2,1H3,(H,18,19)(H,20,21);/q-1;. The zero-order valence-corrected chi connectivity index (χ0v) is 15.5. The van der Waals surface area contributed by atoms with E-state index in [1.165, 1.54) is 0 Å². The van der Waals surface area contributed by atoms with Crippen molar-refractivity contribution in [3.05, 3.63) is 35.4 Å².